The summed E-state index contributed by atoms with van der Waals surface area (Å²) < 4.78 is 36.0. The minimum Gasteiger partial charge on any atom is -0.480 e. The summed E-state index contributed by atoms with van der Waals surface area (Å²) in [7, 11) is 0. The highest BCUT2D eigenvalue weighted by atomic mass is 35.5. The average Bonchev–Trinajstić information content (AvgIpc) is 2.78. The van der Waals surface area contributed by atoms with E-state index in [0.717, 1.165) is 38.2 Å². The second kappa shape index (κ2) is 10.8. The van der Waals surface area contributed by atoms with Crippen molar-refractivity contribution in [2.75, 3.05) is 0 Å². The Kier molecular flexibility index (Phi) is 8.07. The van der Waals surface area contributed by atoms with Crippen LogP contribution in [0, 0.1) is 5.92 Å². The fraction of sp³-hybridized carbons (Fsp3) is 0.417. The van der Waals surface area contributed by atoms with Gasteiger partial charge in [-0.2, -0.15) is 8.78 Å². The summed E-state index contributed by atoms with van der Waals surface area (Å²) in [6.07, 6.45) is 1.99. The number of carboxylic acids is 1. The number of hydrogen-bond donors (Lipinski definition) is 2. The van der Waals surface area contributed by atoms with Gasteiger partial charge in [0.1, 0.15) is 6.04 Å². The fourth-order valence-corrected chi connectivity index (χ4v) is 4.28. The number of alkyl carbamates (subject to hydrolysis) is 1. The summed E-state index contributed by atoms with van der Waals surface area (Å²) in [5.74, 6) is -4.65. The van der Waals surface area contributed by atoms with Gasteiger partial charge in [-0.3, -0.25) is 0 Å². The van der Waals surface area contributed by atoms with Gasteiger partial charge in [-0.25, -0.2) is 9.59 Å². The summed E-state index contributed by atoms with van der Waals surface area (Å²) >= 11 is 5.88. The molecular formula is C24H26ClF2NO4. The summed E-state index contributed by atoms with van der Waals surface area (Å²) in [6, 6.07) is 11.6. The van der Waals surface area contributed by atoms with Crippen molar-refractivity contribution < 1.29 is 28.2 Å². The zero-order chi connectivity index (χ0) is 23.1. The SMILES string of the molecule is O=C(NC(CC1CCCCC1)C(=O)O)OC(c1ccccc1)C(F)(F)c1cccc(Cl)c1. The number of alkyl halides is 2. The summed E-state index contributed by atoms with van der Waals surface area (Å²) in [4.78, 5) is 24.3. The first-order chi connectivity index (χ1) is 15.3. The van der Waals surface area contributed by atoms with Crippen molar-refractivity contribution >= 4 is 23.7 Å². The Hall–Kier alpha value is -2.67. The Morgan fingerprint density at radius 3 is 2.41 bits per heavy atom. The molecule has 1 amide bonds. The van der Waals surface area contributed by atoms with Crippen molar-refractivity contribution in [1.29, 1.82) is 0 Å². The van der Waals surface area contributed by atoms with Gasteiger partial charge in [-0.05, 0) is 30.0 Å². The van der Waals surface area contributed by atoms with Crippen LogP contribution in [0.4, 0.5) is 13.6 Å². The Morgan fingerprint density at radius 1 is 1.09 bits per heavy atom. The highest BCUT2D eigenvalue weighted by molar-refractivity contribution is 6.30. The lowest BCUT2D eigenvalue weighted by Gasteiger charge is -2.29. The molecule has 2 atom stereocenters. The molecule has 32 heavy (non-hydrogen) atoms. The summed E-state index contributed by atoms with van der Waals surface area (Å²) in [6.45, 7) is 0. The van der Waals surface area contributed by atoms with E-state index >= 15 is 8.78 Å². The van der Waals surface area contributed by atoms with E-state index < -0.39 is 35.7 Å². The predicted molar refractivity (Wildman–Crippen MR) is 117 cm³/mol. The number of carbonyl (C=O) groups is 2. The Bertz CT molecular complexity index is 919. The highest BCUT2D eigenvalue weighted by Gasteiger charge is 2.46. The molecule has 0 saturated heterocycles. The molecule has 0 heterocycles. The smallest absolute Gasteiger partial charge is 0.408 e. The van der Waals surface area contributed by atoms with Crippen molar-refractivity contribution in [3.8, 4) is 0 Å². The first-order valence-electron chi connectivity index (χ1n) is 10.7. The van der Waals surface area contributed by atoms with Gasteiger partial charge in [-0.1, -0.05) is 86.2 Å². The van der Waals surface area contributed by atoms with E-state index in [4.69, 9.17) is 16.3 Å². The topological polar surface area (TPSA) is 75.6 Å². The number of halogens is 3. The average molecular weight is 466 g/mol. The molecule has 1 fully saturated rings. The number of carboxylic acid groups (broad SMARTS) is 1. The monoisotopic (exact) mass is 465 g/mol. The van der Waals surface area contributed by atoms with Crippen LogP contribution in [0.5, 0.6) is 0 Å². The van der Waals surface area contributed by atoms with E-state index in [1.807, 2.05) is 0 Å². The maximum atomic E-state index is 15.4. The van der Waals surface area contributed by atoms with E-state index in [9.17, 15) is 14.7 Å². The van der Waals surface area contributed by atoms with Gasteiger partial charge in [0.05, 0.1) is 0 Å². The van der Waals surface area contributed by atoms with Crippen molar-refractivity contribution in [3.63, 3.8) is 0 Å². The highest BCUT2D eigenvalue weighted by Crippen LogP contribution is 2.43. The standard InChI is InChI=1S/C24H26ClF2NO4/c25-19-13-7-12-18(15-19)24(26,27)21(17-10-5-2-6-11-17)32-23(31)28-20(22(29)30)14-16-8-3-1-4-9-16/h2,5-7,10-13,15-16,20-21H,1,3-4,8-9,14H2,(H,28,31)(H,29,30). The molecule has 0 radical (unpaired) electrons. The largest absolute Gasteiger partial charge is 0.480 e. The molecule has 0 aliphatic heterocycles. The zero-order valence-corrected chi connectivity index (χ0v) is 18.2. The van der Waals surface area contributed by atoms with Crippen molar-refractivity contribution in [3.05, 3.63) is 70.7 Å². The van der Waals surface area contributed by atoms with Crippen molar-refractivity contribution in [1.82, 2.24) is 5.32 Å². The number of ether oxygens (including phenoxy) is 1. The van der Waals surface area contributed by atoms with Crippen LogP contribution in [0.3, 0.4) is 0 Å². The van der Waals surface area contributed by atoms with Crippen molar-refractivity contribution in [2.45, 2.75) is 56.6 Å². The van der Waals surface area contributed by atoms with Crippen LogP contribution in [-0.4, -0.2) is 23.2 Å². The van der Waals surface area contributed by atoms with E-state index in [1.54, 1.807) is 18.2 Å². The number of amides is 1. The van der Waals surface area contributed by atoms with Gasteiger partial charge in [0.15, 0.2) is 6.10 Å². The third kappa shape index (κ3) is 6.19. The van der Waals surface area contributed by atoms with Gasteiger partial charge in [0, 0.05) is 10.6 Å². The number of nitrogens with one attached hydrogen (secondary N) is 1. The molecule has 8 heteroatoms. The Labute approximate surface area is 190 Å². The molecule has 1 aliphatic rings. The van der Waals surface area contributed by atoms with Crippen LogP contribution < -0.4 is 5.32 Å². The molecule has 2 aromatic carbocycles. The lowest BCUT2D eigenvalue weighted by molar-refractivity contribution is -0.140. The predicted octanol–water partition coefficient (Wildman–Crippen LogP) is 6.32. The first kappa shape index (κ1) is 24.0. The van der Waals surface area contributed by atoms with Crippen LogP contribution in [0.15, 0.2) is 54.6 Å². The van der Waals surface area contributed by atoms with Gasteiger partial charge >= 0.3 is 18.0 Å². The van der Waals surface area contributed by atoms with E-state index in [2.05, 4.69) is 5.32 Å². The molecule has 1 saturated carbocycles. The number of carbonyl (C=O) groups excluding carboxylic acids is 1. The van der Waals surface area contributed by atoms with E-state index in [-0.39, 0.29) is 22.9 Å². The maximum absolute atomic E-state index is 15.4. The first-order valence-corrected chi connectivity index (χ1v) is 11.0. The van der Waals surface area contributed by atoms with Crippen LogP contribution in [0.1, 0.15) is 55.8 Å². The second-order valence-corrected chi connectivity index (χ2v) is 8.54. The maximum Gasteiger partial charge on any atom is 0.408 e. The molecule has 5 nitrogen and oxygen atoms in total. The fourth-order valence-electron chi connectivity index (χ4n) is 4.09. The molecular weight excluding hydrogens is 440 g/mol. The molecule has 172 valence electrons. The Morgan fingerprint density at radius 2 is 1.78 bits per heavy atom. The molecule has 0 bridgehead atoms. The molecule has 0 spiro atoms. The molecule has 0 aromatic heterocycles. The van der Waals surface area contributed by atoms with Gasteiger partial charge in [0.2, 0.25) is 0 Å². The van der Waals surface area contributed by atoms with Gasteiger partial charge in [0.25, 0.3) is 0 Å². The number of rotatable bonds is 8. The normalized spacial score (nSPS) is 16.7. The lowest BCUT2D eigenvalue weighted by atomic mass is 9.85. The molecule has 2 N–H and O–H groups in total. The molecule has 2 unspecified atom stereocenters. The third-order valence-electron chi connectivity index (χ3n) is 5.75. The molecule has 3 rings (SSSR count). The summed E-state index contributed by atoms with van der Waals surface area (Å²) in [5.41, 5.74) is -0.338. The third-order valence-corrected chi connectivity index (χ3v) is 5.99. The van der Waals surface area contributed by atoms with Gasteiger partial charge < -0.3 is 15.2 Å². The minimum atomic E-state index is -3.61. The van der Waals surface area contributed by atoms with Crippen LogP contribution in [0.2, 0.25) is 5.02 Å². The Balaban J connectivity index is 1.79. The van der Waals surface area contributed by atoms with E-state index in [1.165, 1.54) is 30.3 Å². The zero-order valence-electron chi connectivity index (χ0n) is 17.5. The van der Waals surface area contributed by atoms with Crippen LogP contribution in [-0.2, 0) is 15.5 Å². The number of benzene rings is 2. The lowest BCUT2D eigenvalue weighted by Crippen LogP contribution is -2.44. The number of aliphatic carboxylic acids is 1. The second-order valence-electron chi connectivity index (χ2n) is 8.10. The molecule has 1 aliphatic carbocycles. The van der Waals surface area contributed by atoms with Gasteiger partial charge in [-0.15, -0.1) is 0 Å². The van der Waals surface area contributed by atoms with Crippen molar-refractivity contribution in [2.24, 2.45) is 5.92 Å². The van der Waals surface area contributed by atoms with Crippen LogP contribution >= 0.6 is 11.6 Å². The summed E-state index contributed by atoms with van der Waals surface area (Å²) in [5, 5.41) is 11.9. The molecule has 2 aromatic rings. The number of hydrogen-bond acceptors (Lipinski definition) is 3. The minimum absolute atomic E-state index is 0.0757. The van der Waals surface area contributed by atoms with E-state index in [0.29, 0.717) is 0 Å². The quantitative estimate of drug-likeness (QED) is 0.478. The van der Waals surface area contributed by atoms with Crippen LogP contribution in [0.25, 0.3) is 0 Å².